The van der Waals surface area contributed by atoms with Crippen molar-refractivity contribution in [1.82, 2.24) is 5.32 Å². The topological polar surface area (TPSA) is 50.4 Å². The van der Waals surface area contributed by atoms with Gasteiger partial charge in [0.05, 0.1) is 11.6 Å². The van der Waals surface area contributed by atoms with Crippen LogP contribution in [0.4, 0.5) is 5.69 Å². The minimum atomic E-state index is 0.0389. The Morgan fingerprint density at radius 3 is 3.05 bits per heavy atom. The molecule has 1 aromatic rings. The smallest absolute Gasteiger partial charge is 0.224 e. The number of carbonyl (C=O) groups excluding carboxylic acids is 1. The molecule has 0 bridgehead atoms. The van der Waals surface area contributed by atoms with Crippen LogP contribution < -0.4 is 15.4 Å². The molecule has 2 rings (SSSR count). The summed E-state index contributed by atoms with van der Waals surface area (Å²) in [6, 6.07) is 5.35. The summed E-state index contributed by atoms with van der Waals surface area (Å²) in [6.45, 7) is 4.62. The van der Waals surface area contributed by atoms with Crippen LogP contribution in [0.25, 0.3) is 0 Å². The Balaban J connectivity index is 1.88. The molecule has 1 unspecified atom stereocenters. The van der Waals surface area contributed by atoms with Gasteiger partial charge in [-0.3, -0.25) is 4.79 Å². The van der Waals surface area contributed by atoms with Crippen LogP contribution in [0, 0.1) is 5.92 Å². The predicted octanol–water partition coefficient (Wildman–Crippen LogP) is 3.07. The molecule has 1 heterocycles. The molecule has 1 aliphatic rings. The molecule has 1 fully saturated rings. The van der Waals surface area contributed by atoms with Gasteiger partial charge in [-0.15, -0.1) is 0 Å². The molecule has 110 valence electrons. The summed E-state index contributed by atoms with van der Waals surface area (Å²) >= 11 is 6.13. The number of rotatable bonds is 6. The minimum Gasteiger partial charge on any atom is -0.492 e. The van der Waals surface area contributed by atoms with Crippen molar-refractivity contribution in [2.24, 2.45) is 5.92 Å². The third-order valence-electron chi connectivity index (χ3n) is 3.31. The van der Waals surface area contributed by atoms with Crippen molar-refractivity contribution >= 4 is 23.2 Å². The highest BCUT2D eigenvalue weighted by molar-refractivity contribution is 6.32. The lowest BCUT2D eigenvalue weighted by Gasteiger charge is -2.11. The number of amides is 1. The summed E-state index contributed by atoms with van der Waals surface area (Å²) < 4.78 is 5.50. The van der Waals surface area contributed by atoms with Crippen LogP contribution in [0.2, 0.25) is 5.02 Å². The Morgan fingerprint density at radius 1 is 1.55 bits per heavy atom. The number of halogens is 1. The molecule has 1 amide bonds. The first-order chi connectivity index (χ1) is 9.69. The van der Waals surface area contributed by atoms with Gasteiger partial charge in [0.2, 0.25) is 5.91 Å². The van der Waals surface area contributed by atoms with Gasteiger partial charge < -0.3 is 15.4 Å². The highest BCUT2D eigenvalue weighted by Gasteiger charge is 2.18. The van der Waals surface area contributed by atoms with Gasteiger partial charge in [0.15, 0.2) is 0 Å². The van der Waals surface area contributed by atoms with Gasteiger partial charge in [-0.2, -0.15) is 0 Å². The lowest BCUT2D eigenvalue weighted by Crippen LogP contribution is -2.18. The standard InChI is InChI=1S/C15H21ClN2O2/c1-2-7-20-14-4-3-12(9-13(14)16)18-15(19)8-11-5-6-17-10-11/h3-4,9,11,17H,2,5-8,10H2,1H3,(H,18,19). The van der Waals surface area contributed by atoms with Gasteiger partial charge in [0.25, 0.3) is 0 Å². The van der Waals surface area contributed by atoms with E-state index in [-0.39, 0.29) is 5.91 Å². The average molecular weight is 297 g/mol. The summed E-state index contributed by atoms with van der Waals surface area (Å²) in [4.78, 5) is 11.9. The van der Waals surface area contributed by atoms with Crippen LogP contribution in [0.5, 0.6) is 5.75 Å². The molecule has 1 saturated heterocycles. The van der Waals surface area contributed by atoms with E-state index < -0.39 is 0 Å². The number of hydrogen-bond donors (Lipinski definition) is 2. The second-order valence-corrected chi connectivity index (χ2v) is 5.51. The van der Waals surface area contributed by atoms with E-state index in [9.17, 15) is 4.79 Å². The number of carbonyl (C=O) groups is 1. The van der Waals surface area contributed by atoms with Crippen LogP contribution in [-0.4, -0.2) is 25.6 Å². The first-order valence-corrected chi connectivity index (χ1v) is 7.49. The van der Waals surface area contributed by atoms with E-state index in [1.807, 2.05) is 13.0 Å². The summed E-state index contributed by atoms with van der Waals surface area (Å²) in [5, 5.41) is 6.67. The molecule has 1 atom stereocenters. The van der Waals surface area contributed by atoms with Crippen molar-refractivity contribution in [1.29, 1.82) is 0 Å². The van der Waals surface area contributed by atoms with E-state index in [0.717, 1.165) is 31.6 Å². The van der Waals surface area contributed by atoms with E-state index >= 15 is 0 Å². The molecule has 4 nitrogen and oxygen atoms in total. The van der Waals surface area contributed by atoms with Gasteiger partial charge >= 0.3 is 0 Å². The summed E-state index contributed by atoms with van der Waals surface area (Å²) in [6.07, 6.45) is 2.56. The van der Waals surface area contributed by atoms with Crippen molar-refractivity contribution in [2.75, 3.05) is 25.0 Å². The van der Waals surface area contributed by atoms with Crippen molar-refractivity contribution in [3.05, 3.63) is 23.2 Å². The fourth-order valence-electron chi connectivity index (χ4n) is 2.27. The third kappa shape index (κ3) is 4.39. The van der Waals surface area contributed by atoms with Crippen LogP contribution in [0.3, 0.4) is 0 Å². The highest BCUT2D eigenvalue weighted by Crippen LogP contribution is 2.28. The SMILES string of the molecule is CCCOc1ccc(NC(=O)CC2CCNC2)cc1Cl. The van der Waals surface area contributed by atoms with Crippen molar-refractivity contribution in [3.63, 3.8) is 0 Å². The monoisotopic (exact) mass is 296 g/mol. The molecule has 2 N–H and O–H groups in total. The summed E-state index contributed by atoms with van der Waals surface area (Å²) in [5.41, 5.74) is 0.717. The molecule has 20 heavy (non-hydrogen) atoms. The molecule has 1 aliphatic heterocycles. The average Bonchev–Trinajstić information content (AvgIpc) is 2.90. The van der Waals surface area contributed by atoms with E-state index in [1.165, 1.54) is 0 Å². The molecule has 0 aromatic heterocycles. The van der Waals surface area contributed by atoms with E-state index in [1.54, 1.807) is 12.1 Å². The lowest BCUT2D eigenvalue weighted by atomic mass is 10.0. The second-order valence-electron chi connectivity index (χ2n) is 5.10. The quantitative estimate of drug-likeness (QED) is 0.848. The molecular weight excluding hydrogens is 276 g/mol. The van der Waals surface area contributed by atoms with Crippen LogP contribution in [0.15, 0.2) is 18.2 Å². The zero-order valence-electron chi connectivity index (χ0n) is 11.7. The van der Waals surface area contributed by atoms with E-state index in [4.69, 9.17) is 16.3 Å². The molecule has 0 aliphatic carbocycles. The summed E-state index contributed by atoms with van der Waals surface area (Å²) in [7, 11) is 0. The van der Waals surface area contributed by atoms with Gasteiger partial charge in [0, 0.05) is 12.1 Å². The second kappa shape index (κ2) is 7.50. The zero-order chi connectivity index (χ0) is 14.4. The number of ether oxygens (including phenoxy) is 1. The fraction of sp³-hybridized carbons (Fsp3) is 0.533. The molecule has 0 saturated carbocycles. The fourth-order valence-corrected chi connectivity index (χ4v) is 2.51. The first-order valence-electron chi connectivity index (χ1n) is 7.12. The number of benzene rings is 1. The van der Waals surface area contributed by atoms with Gasteiger partial charge in [-0.1, -0.05) is 18.5 Å². The first kappa shape index (κ1) is 15.1. The van der Waals surface area contributed by atoms with E-state index in [0.29, 0.717) is 29.7 Å². The van der Waals surface area contributed by atoms with Crippen molar-refractivity contribution < 1.29 is 9.53 Å². The maximum Gasteiger partial charge on any atom is 0.224 e. The molecule has 1 aromatic carbocycles. The normalized spacial score (nSPS) is 18.0. The van der Waals surface area contributed by atoms with Crippen molar-refractivity contribution in [2.45, 2.75) is 26.2 Å². The number of hydrogen-bond acceptors (Lipinski definition) is 3. The predicted molar refractivity (Wildman–Crippen MR) is 81.5 cm³/mol. The molecule has 0 spiro atoms. The maximum absolute atomic E-state index is 11.9. The van der Waals surface area contributed by atoms with Crippen LogP contribution in [0.1, 0.15) is 26.2 Å². The van der Waals surface area contributed by atoms with Gasteiger partial charge in [-0.25, -0.2) is 0 Å². The molecule has 5 heteroatoms. The minimum absolute atomic E-state index is 0.0389. The Labute approximate surface area is 124 Å². The summed E-state index contributed by atoms with van der Waals surface area (Å²) in [5.74, 6) is 1.14. The van der Waals surface area contributed by atoms with Crippen LogP contribution in [-0.2, 0) is 4.79 Å². The Bertz CT molecular complexity index is 459. The third-order valence-corrected chi connectivity index (χ3v) is 3.61. The Hall–Kier alpha value is -1.26. The van der Waals surface area contributed by atoms with E-state index in [2.05, 4.69) is 10.6 Å². The highest BCUT2D eigenvalue weighted by atomic mass is 35.5. The maximum atomic E-state index is 11.9. The lowest BCUT2D eigenvalue weighted by molar-refractivity contribution is -0.116. The largest absolute Gasteiger partial charge is 0.492 e. The number of nitrogens with one attached hydrogen (secondary N) is 2. The van der Waals surface area contributed by atoms with Crippen molar-refractivity contribution in [3.8, 4) is 5.75 Å². The number of anilines is 1. The van der Waals surface area contributed by atoms with Gasteiger partial charge in [-0.05, 0) is 50.0 Å². The molecule has 0 radical (unpaired) electrons. The zero-order valence-corrected chi connectivity index (χ0v) is 12.5. The van der Waals surface area contributed by atoms with Crippen LogP contribution >= 0.6 is 11.6 Å². The Morgan fingerprint density at radius 2 is 2.40 bits per heavy atom. The van der Waals surface area contributed by atoms with Gasteiger partial charge in [0.1, 0.15) is 5.75 Å². The molecular formula is C15H21ClN2O2. The Kier molecular flexibility index (Phi) is 5.68.